The maximum atomic E-state index is 12.5. The summed E-state index contributed by atoms with van der Waals surface area (Å²) in [7, 11) is 0. The van der Waals surface area contributed by atoms with Crippen LogP contribution in [0.5, 0.6) is 5.75 Å². The lowest BCUT2D eigenvalue weighted by molar-refractivity contribution is 0.0855. The average Bonchev–Trinajstić information content (AvgIpc) is 2.25. The van der Waals surface area contributed by atoms with E-state index in [1.54, 1.807) is 0 Å². The van der Waals surface area contributed by atoms with Crippen LogP contribution in [0.25, 0.3) is 0 Å². The fourth-order valence-corrected chi connectivity index (χ4v) is 2.05. The van der Waals surface area contributed by atoms with E-state index in [2.05, 4.69) is 6.92 Å². The summed E-state index contributed by atoms with van der Waals surface area (Å²) < 4.78 is 0. The predicted molar refractivity (Wildman–Crippen MR) is 80.0 cm³/mol. The molecule has 0 aliphatic carbocycles. The van der Waals surface area contributed by atoms with E-state index < -0.39 is 5.41 Å². The summed E-state index contributed by atoms with van der Waals surface area (Å²) in [6.07, 6.45) is 0.855. The molecule has 0 saturated carbocycles. The molecule has 1 aromatic carbocycles. The van der Waals surface area contributed by atoms with Gasteiger partial charge in [0, 0.05) is 11.0 Å². The van der Waals surface area contributed by atoms with Crippen molar-refractivity contribution in [3.05, 3.63) is 28.8 Å². The molecule has 1 rings (SSSR count). The Morgan fingerprint density at radius 1 is 1.11 bits per heavy atom. The minimum atomic E-state index is -0.487. The molecular weight excluding hydrogens is 236 g/mol. The number of Topliss-reactive ketones (excluding diaryl/α,β-unsaturated/α-hetero) is 1. The molecule has 2 heteroatoms. The Hall–Kier alpha value is -1.31. The van der Waals surface area contributed by atoms with Crippen LogP contribution in [0.2, 0.25) is 0 Å². The summed E-state index contributed by atoms with van der Waals surface area (Å²) in [5.74, 6) is 0.135. The van der Waals surface area contributed by atoms with Crippen molar-refractivity contribution in [2.45, 2.75) is 60.3 Å². The van der Waals surface area contributed by atoms with Crippen LogP contribution in [0, 0.1) is 5.41 Å². The summed E-state index contributed by atoms with van der Waals surface area (Å²) in [6, 6.07) is 3.84. The van der Waals surface area contributed by atoms with Gasteiger partial charge in [-0.2, -0.15) is 0 Å². The summed E-state index contributed by atoms with van der Waals surface area (Å²) in [5.41, 5.74) is 1.73. The highest BCUT2D eigenvalue weighted by Gasteiger charge is 2.29. The molecule has 1 aromatic rings. The molecule has 1 N–H and O–H groups in total. The third-order valence-corrected chi connectivity index (χ3v) is 3.31. The van der Waals surface area contributed by atoms with E-state index in [1.165, 1.54) is 0 Å². The highest BCUT2D eigenvalue weighted by atomic mass is 16.3. The summed E-state index contributed by atoms with van der Waals surface area (Å²) in [6.45, 7) is 13.8. The van der Waals surface area contributed by atoms with Gasteiger partial charge in [-0.3, -0.25) is 4.79 Å². The predicted octanol–water partition coefficient (Wildman–Crippen LogP) is 4.48. The van der Waals surface area contributed by atoms with E-state index in [0.29, 0.717) is 5.56 Å². The largest absolute Gasteiger partial charge is 0.507 e. The molecule has 0 unspecified atom stereocenters. The Morgan fingerprint density at radius 3 is 2.00 bits per heavy atom. The molecule has 0 fully saturated rings. The van der Waals surface area contributed by atoms with Crippen molar-refractivity contribution in [1.29, 1.82) is 0 Å². The Bertz CT molecular complexity index is 485. The molecule has 19 heavy (non-hydrogen) atoms. The number of rotatable bonds is 2. The highest BCUT2D eigenvalue weighted by molar-refractivity contribution is 6.02. The second-order valence-corrected chi connectivity index (χ2v) is 7.22. The van der Waals surface area contributed by atoms with Crippen molar-refractivity contribution >= 4 is 5.78 Å². The van der Waals surface area contributed by atoms with Gasteiger partial charge in [-0.05, 0) is 23.5 Å². The quantitative estimate of drug-likeness (QED) is 0.798. The van der Waals surface area contributed by atoms with Crippen LogP contribution in [0.1, 0.15) is 70.0 Å². The van der Waals surface area contributed by atoms with Gasteiger partial charge in [0.2, 0.25) is 0 Å². The number of carbonyl (C=O) groups is 1. The van der Waals surface area contributed by atoms with Gasteiger partial charge in [0.05, 0.1) is 5.56 Å². The maximum absolute atomic E-state index is 12.5. The lowest BCUT2D eigenvalue weighted by Gasteiger charge is -2.25. The number of carbonyl (C=O) groups excluding carboxylic acids is 1. The lowest BCUT2D eigenvalue weighted by Crippen LogP contribution is -2.22. The number of ketones is 1. The standard InChI is InChI=1S/C17H26O2/c1-8-11-9-12(15(19)17(5,6)7)14(18)13(10-11)16(2,3)4/h9-10,18H,8H2,1-7H3. The van der Waals surface area contributed by atoms with Gasteiger partial charge >= 0.3 is 0 Å². The third kappa shape index (κ3) is 3.37. The van der Waals surface area contributed by atoms with Crippen LogP contribution in [-0.2, 0) is 11.8 Å². The van der Waals surface area contributed by atoms with Gasteiger partial charge in [0.25, 0.3) is 0 Å². The maximum Gasteiger partial charge on any atom is 0.171 e. The smallest absolute Gasteiger partial charge is 0.171 e. The van der Waals surface area contributed by atoms with Crippen LogP contribution in [-0.4, -0.2) is 10.9 Å². The molecule has 0 radical (unpaired) electrons. The van der Waals surface area contributed by atoms with Crippen molar-refractivity contribution in [3.63, 3.8) is 0 Å². The number of hydrogen-bond acceptors (Lipinski definition) is 2. The average molecular weight is 262 g/mol. The fourth-order valence-electron chi connectivity index (χ4n) is 2.05. The number of benzene rings is 1. The monoisotopic (exact) mass is 262 g/mol. The summed E-state index contributed by atoms with van der Waals surface area (Å²) >= 11 is 0. The zero-order chi connectivity index (χ0) is 15.0. The van der Waals surface area contributed by atoms with Gasteiger partial charge in [0.15, 0.2) is 5.78 Å². The molecule has 0 saturated heterocycles. The molecule has 0 aromatic heterocycles. The summed E-state index contributed by atoms with van der Waals surface area (Å²) in [4.78, 5) is 12.5. The first-order chi connectivity index (χ1) is 8.48. The van der Waals surface area contributed by atoms with Crippen LogP contribution < -0.4 is 0 Å². The molecule has 106 valence electrons. The minimum absolute atomic E-state index is 0.00852. The normalized spacial score (nSPS) is 12.6. The first kappa shape index (κ1) is 15.7. The minimum Gasteiger partial charge on any atom is -0.507 e. The van der Waals surface area contributed by atoms with E-state index in [9.17, 15) is 9.90 Å². The van der Waals surface area contributed by atoms with Gasteiger partial charge in [0.1, 0.15) is 5.75 Å². The summed E-state index contributed by atoms with van der Waals surface area (Å²) in [5, 5.41) is 10.5. The topological polar surface area (TPSA) is 37.3 Å². The number of hydrogen-bond donors (Lipinski definition) is 1. The highest BCUT2D eigenvalue weighted by Crippen LogP contribution is 2.37. The van der Waals surface area contributed by atoms with Crippen molar-refractivity contribution in [3.8, 4) is 5.75 Å². The van der Waals surface area contributed by atoms with E-state index in [-0.39, 0.29) is 16.9 Å². The molecule has 0 heterocycles. The molecular formula is C17H26O2. The second-order valence-electron chi connectivity index (χ2n) is 7.22. The van der Waals surface area contributed by atoms with Crippen molar-refractivity contribution in [2.24, 2.45) is 5.41 Å². The van der Waals surface area contributed by atoms with E-state index in [0.717, 1.165) is 17.5 Å². The Morgan fingerprint density at radius 2 is 1.63 bits per heavy atom. The number of phenols is 1. The third-order valence-electron chi connectivity index (χ3n) is 3.31. The first-order valence-corrected chi connectivity index (χ1v) is 6.89. The molecule has 0 aliphatic heterocycles. The molecule has 0 atom stereocenters. The SMILES string of the molecule is CCc1cc(C(=O)C(C)(C)C)c(O)c(C(C)(C)C)c1. The molecule has 0 aliphatic rings. The number of phenolic OH excluding ortho intramolecular Hbond substituents is 1. The zero-order valence-electron chi connectivity index (χ0n) is 13.2. The Kier molecular flexibility index (Phi) is 4.14. The van der Waals surface area contributed by atoms with Crippen molar-refractivity contribution < 1.29 is 9.90 Å². The fraction of sp³-hybridized carbons (Fsp3) is 0.588. The van der Waals surface area contributed by atoms with Crippen LogP contribution in [0.3, 0.4) is 0 Å². The second kappa shape index (κ2) is 4.99. The Labute approximate surface area is 116 Å². The molecule has 0 bridgehead atoms. The van der Waals surface area contributed by atoms with Gasteiger partial charge < -0.3 is 5.11 Å². The van der Waals surface area contributed by atoms with Crippen LogP contribution in [0.15, 0.2) is 12.1 Å². The van der Waals surface area contributed by atoms with Crippen molar-refractivity contribution in [1.82, 2.24) is 0 Å². The van der Waals surface area contributed by atoms with Gasteiger partial charge in [-0.25, -0.2) is 0 Å². The molecule has 2 nitrogen and oxygen atoms in total. The van der Waals surface area contributed by atoms with Gasteiger partial charge in [-0.1, -0.05) is 54.5 Å². The zero-order valence-corrected chi connectivity index (χ0v) is 13.2. The van der Waals surface area contributed by atoms with E-state index in [4.69, 9.17) is 0 Å². The number of aryl methyl sites for hydroxylation is 1. The van der Waals surface area contributed by atoms with E-state index in [1.807, 2.05) is 53.7 Å². The first-order valence-electron chi connectivity index (χ1n) is 6.89. The van der Waals surface area contributed by atoms with Crippen LogP contribution >= 0.6 is 0 Å². The van der Waals surface area contributed by atoms with Gasteiger partial charge in [-0.15, -0.1) is 0 Å². The molecule has 0 amide bonds. The van der Waals surface area contributed by atoms with Crippen LogP contribution in [0.4, 0.5) is 0 Å². The van der Waals surface area contributed by atoms with E-state index >= 15 is 0 Å². The molecule has 0 spiro atoms. The lowest BCUT2D eigenvalue weighted by atomic mass is 9.80. The Balaban J connectivity index is 3.53. The van der Waals surface area contributed by atoms with Crippen molar-refractivity contribution in [2.75, 3.05) is 0 Å². The number of aromatic hydroxyl groups is 1.